The molecule has 23 heavy (non-hydrogen) atoms. The van der Waals surface area contributed by atoms with Crippen molar-refractivity contribution in [3.63, 3.8) is 0 Å². The highest BCUT2D eigenvalue weighted by atomic mass is 16.5. The molecule has 1 atom stereocenters. The van der Waals surface area contributed by atoms with Crippen molar-refractivity contribution >= 4 is 11.7 Å². The highest BCUT2D eigenvalue weighted by Gasteiger charge is 2.24. The maximum absolute atomic E-state index is 12.5. The Balaban J connectivity index is 2.02. The largest absolute Gasteiger partial charge is 0.462 e. The van der Waals surface area contributed by atoms with Crippen LogP contribution in [-0.4, -0.2) is 29.7 Å². The number of aromatic nitrogens is 1. The van der Waals surface area contributed by atoms with E-state index in [1.54, 1.807) is 0 Å². The van der Waals surface area contributed by atoms with E-state index < -0.39 is 0 Å². The summed E-state index contributed by atoms with van der Waals surface area (Å²) >= 11 is 0. The minimum absolute atomic E-state index is 0.241. The van der Waals surface area contributed by atoms with E-state index >= 15 is 0 Å². The van der Waals surface area contributed by atoms with E-state index in [1.807, 2.05) is 42.1 Å². The second-order valence-corrected chi connectivity index (χ2v) is 6.05. The van der Waals surface area contributed by atoms with Crippen LogP contribution in [0.4, 0.5) is 5.69 Å². The van der Waals surface area contributed by atoms with E-state index in [1.165, 1.54) is 19.3 Å². The van der Waals surface area contributed by atoms with E-state index in [0.717, 1.165) is 17.9 Å². The topological polar surface area (TPSA) is 34.5 Å². The van der Waals surface area contributed by atoms with Crippen LogP contribution in [0.5, 0.6) is 0 Å². The van der Waals surface area contributed by atoms with Gasteiger partial charge >= 0.3 is 5.97 Å². The maximum atomic E-state index is 12.5. The molecule has 1 fully saturated rings. The molecule has 0 unspecified atom stereocenters. The first-order valence-corrected chi connectivity index (χ1v) is 8.42. The molecule has 0 aliphatic carbocycles. The molecule has 1 saturated heterocycles. The van der Waals surface area contributed by atoms with Gasteiger partial charge in [0.1, 0.15) is 0 Å². The van der Waals surface area contributed by atoms with Crippen LogP contribution in [0.3, 0.4) is 0 Å². The zero-order valence-electron chi connectivity index (χ0n) is 13.9. The van der Waals surface area contributed by atoms with E-state index in [-0.39, 0.29) is 5.97 Å². The van der Waals surface area contributed by atoms with Crippen molar-refractivity contribution in [1.82, 2.24) is 4.57 Å². The summed E-state index contributed by atoms with van der Waals surface area (Å²) in [4.78, 5) is 14.8. The minimum atomic E-state index is -0.241. The maximum Gasteiger partial charge on any atom is 0.340 e. The van der Waals surface area contributed by atoms with Gasteiger partial charge in [0.15, 0.2) is 0 Å². The van der Waals surface area contributed by atoms with E-state index in [4.69, 9.17) is 4.74 Å². The summed E-state index contributed by atoms with van der Waals surface area (Å²) in [6.45, 7) is 5.46. The Kier molecular flexibility index (Phi) is 4.70. The van der Waals surface area contributed by atoms with Crippen LogP contribution in [0.1, 0.15) is 43.5 Å². The van der Waals surface area contributed by atoms with Crippen LogP contribution in [-0.2, 0) is 4.74 Å². The van der Waals surface area contributed by atoms with Gasteiger partial charge in [0.25, 0.3) is 0 Å². The molecule has 2 heterocycles. The van der Waals surface area contributed by atoms with Gasteiger partial charge < -0.3 is 14.2 Å². The molecular weight excluding hydrogens is 288 g/mol. The Bertz CT molecular complexity index is 664. The molecule has 4 heteroatoms. The van der Waals surface area contributed by atoms with Crippen molar-refractivity contribution in [1.29, 1.82) is 0 Å². The summed E-state index contributed by atoms with van der Waals surface area (Å²) < 4.78 is 7.30. The fraction of sp³-hybridized carbons (Fsp3) is 0.421. The summed E-state index contributed by atoms with van der Waals surface area (Å²) in [6, 6.07) is 10.5. The molecule has 2 aromatic rings. The van der Waals surface area contributed by atoms with Gasteiger partial charge in [0.05, 0.1) is 17.9 Å². The van der Waals surface area contributed by atoms with Crippen LogP contribution < -0.4 is 4.90 Å². The summed E-state index contributed by atoms with van der Waals surface area (Å²) in [5.74, 6) is -0.241. The monoisotopic (exact) mass is 312 g/mol. The first-order chi connectivity index (χ1) is 11.2. The van der Waals surface area contributed by atoms with Gasteiger partial charge in [-0.05, 0) is 63.4 Å². The molecule has 122 valence electrons. The molecule has 1 aliphatic rings. The van der Waals surface area contributed by atoms with Crippen LogP contribution in [0.25, 0.3) is 5.69 Å². The zero-order valence-corrected chi connectivity index (χ0v) is 13.9. The molecule has 0 bridgehead atoms. The number of ether oxygens (including phenoxy) is 1. The second-order valence-electron chi connectivity index (χ2n) is 6.05. The second kappa shape index (κ2) is 6.90. The lowest BCUT2D eigenvalue weighted by Gasteiger charge is -2.36. The number of anilines is 1. The SMILES string of the molecule is CCOC(=O)c1cc(-n2cccc2)ccc1N1CCCC[C@H]1C. The molecule has 1 aromatic heterocycles. The molecule has 0 radical (unpaired) electrons. The standard InChI is InChI=1S/C19H24N2O2/c1-3-23-19(22)17-14-16(20-11-6-7-12-20)9-10-18(17)21-13-5-4-8-15(21)2/h6-7,9-12,14-15H,3-5,8,13H2,1-2H3/t15-/m1/s1. The summed E-state index contributed by atoms with van der Waals surface area (Å²) in [5.41, 5.74) is 2.63. The number of piperidine rings is 1. The highest BCUT2D eigenvalue weighted by Crippen LogP contribution is 2.30. The van der Waals surface area contributed by atoms with Crippen molar-refractivity contribution in [3.8, 4) is 5.69 Å². The summed E-state index contributed by atoms with van der Waals surface area (Å²) in [5, 5.41) is 0. The van der Waals surface area contributed by atoms with Gasteiger partial charge in [-0.25, -0.2) is 4.79 Å². The van der Waals surface area contributed by atoms with Crippen LogP contribution in [0.15, 0.2) is 42.7 Å². The number of benzene rings is 1. The van der Waals surface area contributed by atoms with Gasteiger partial charge in [0.2, 0.25) is 0 Å². The van der Waals surface area contributed by atoms with E-state index in [2.05, 4.69) is 24.0 Å². The molecule has 0 saturated carbocycles. The molecular formula is C19H24N2O2. The van der Waals surface area contributed by atoms with Crippen LogP contribution in [0.2, 0.25) is 0 Å². The van der Waals surface area contributed by atoms with Crippen molar-refractivity contribution in [2.45, 2.75) is 39.2 Å². The summed E-state index contributed by atoms with van der Waals surface area (Å²) in [6.07, 6.45) is 7.56. The average molecular weight is 312 g/mol. The van der Waals surface area contributed by atoms with Crippen molar-refractivity contribution in [2.75, 3.05) is 18.1 Å². The highest BCUT2D eigenvalue weighted by molar-refractivity contribution is 5.96. The Morgan fingerprint density at radius 3 is 2.74 bits per heavy atom. The Morgan fingerprint density at radius 2 is 2.04 bits per heavy atom. The number of carbonyl (C=O) groups excluding carboxylic acids is 1. The number of hydrogen-bond acceptors (Lipinski definition) is 3. The number of rotatable bonds is 4. The molecule has 1 aliphatic heterocycles. The molecule has 0 amide bonds. The van der Waals surface area contributed by atoms with Crippen molar-refractivity contribution in [3.05, 3.63) is 48.3 Å². The molecule has 4 nitrogen and oxygen atoms in total. The van der Waals surface area contributed by atoms with Crippen molar-refractivity contribution < 1.29 is 9.53 Å². The minimum Gasteiger partial charge on any atom is -0.462 e. The predicted molar refractivity (Wildman–Crippen MR) is 92.4 cm³/mol. The Hall–Kier alpha value is -2.23. The van der Waals surface area contributed by atoms with Crippen LogP contribution in [0, 0.1) is 0 Å². The molecule has 1 aromatic carbocycles. The van der Waals surface area contributed by atoms with Gasteiger partial charge in [-0.15, -0.1) is 0 Å². The van der Waals surface area contributed by atoms with Gasteiger partial charge in [-0.2, -0.15) is 0 Å². The number of nitrogens with zero attached hydrogens (tertiary/aromatic N) is 2. The number of hydrogen-bond donors (Lipinski definition) is 0. The average Bonchev–Trinajstić information content (AvgIpc) is 3.10. The lowest BCUT2D eigenvalue weighted by atomic mass is 10.0. The zero-order chi connectivity index (χ0) is 16.2. The quantitative estimate of drug-likeness (QED) is 0.799. The van der Waals surface area contributed by atoms with Crippen molar-refractivity contribution in [2.24, 2.45) is 0 Å². The normalized spacial score (nSPS) is 18.0. The third-order valence-electron chi connectivity index (χ3n) is 4.49. The predicted octanol–water partition coefficient (Wildman–Crippen LogP) is 4.03. The van der Waals surface area contributed by atoms with E-state index in [9.17, 15) is 4.79 Å². The molecule has 0 N–H and O–H groups in total. The molecule has 0 spiro atoms. The smallest absolute Gasteiger partial charge is 0.340 e. The molecule has 3 rings (SSSR count). The summed E-state index contributed by atoms with van der Waals surface area (Å²) in [7, 11) is 0. The number of esters is 1. The van der Waals surface area contributed by atoms with Crippen LogP contribution >= 0.6 is 0 Å². The number of carbonyl (C=O) groups is 1. The fourth-order valence-electron chi connectivity index (χ4n) is 3.27. The Labute approximate surface area is 137 Å². The first kappa shape index (κ1) is 15.7. The van der Waals surface area contributed by atoms with Gasteiger partial charge in [-0.1, -0.05) is 0 Å². The fourth-order valence-corrected chi connectivity index (χ4v) is 3.27. The third kappa shape index (κ3) is 3.26. The van der Waals surface area contributed by atoms with E-state index in [0.29, 0.717) is 18.2 Å². The van der Waals surface area contributed by atoms with Gasteiger partial charge in [-0.3, -0.25) is 0 Å². The lowest BCUT2D eigenvalue weighted by molar-refractivity contribution is 0.0527. The Morgan fingerprint density at radius 1 is 1.26 bits per heavy atom. The van der Waals surface area contributed by atoms with Gasteiger partial charge in [0, 0.05) is 30.7 Å². The first-order valence-electron chi connectivity index (χ1n) is 8.42. The third-order valence-corrected chi connectivity index (χ3v) is 4.49. The lowest BCUT2D eigenvalue weighted by Crippen LogP contribution is -2.38.